The van der Waals surface area contributed by atoms with Gasteiger partial charge < -0.3 is 14.4 Å². The summed E-state index contributed by atoms with van der Waals surface area (Å²) in [6.07, 6.45) is 1.60. The molecule has 1 aromatic carbocycles. The van der Waals surface area contributed by atoms with Crippen LogP contribution < -0.4 is 0 Å². The molecule has 0 aromatic heterocycles. The third-order valence-corrected chi connectivity index (χ3v) is 7.73. The highest BCUT2D eigenvalue weighted by Crippen LogP contribution is 2.27. The third kappa shape index (κ3) is 4.25. The predicted octanol–water partition coefficient (Wildman–Crippen LogP) is 2.25. The number of hydrogen-bond donors (Lipinski definition) is 0. The Balaban J connectivity index is 1.82. The molecule has 0 aliphatic carbocycles. The van der Waals surface area contributed by atoms with Crippen LogP contribution in [0.2, 0.25) is 0 Å². The number of hydrogen-bond acceptors (Lipinski definition) is 5. The maximum absolute atomic E-state index is 13.1. The van der Waals surface area contributed by atoms with Crippen LogP contribution in [0.3, 0.4) is 0 Å². The molecule has 0 bridgehead atoms. The van der Waals surface area contributed by atoms with Gasteiger partial charge in [0.1, 0.15) is 0 Å². The van der Waals surface area contributed by atoms with Crippen molar-refractivity contribution >= 4 is 15.9 Å². The van der Waals surface area contributed by atoms with E-state index in [0.29, 0.717) is 50.5 Å². The minimum absolute atomic E-state index is 0.140. The van der Waals surface area contributed by atoms with Crippen molar-refractivity contribution in [2.24, 2.45) is 5.92 Å². The first-order chi connectivity index (χ1) is 13.4. The van der Waals surface area contributed by atoms with Crippen molar-refractivity contribution in [1.29, 1.82) is 0 Å². The standard InChI is InChI=1S/C20H30N2O5S/c1-4-22(5-2)28(24,25)18-13-16(9-8-15(18)3)19(23)21-10-6-7-17(14-21)20-26-11-12-27-20/h8-9,13,17,20H,4-7,10-12,14H2,1-3H3. The van der Waals surface area contributed by atoms with E-state index in [2.05, 4.69) is 0 Å². The molecule has 2 saturated heterocycles. The van der Waals surface area contributed by atoms with E-state index in [0.717, 1.165) is 12.8 Å². The van der Waals surface area contributed by atoms with Crippen LogP contribution in [-0.4, -0.2) is 69.2 Å². The predicted molar refractivity (Wildman–Crippen MR) is 106 cm³/mol. The van der Waals surface area contributed by atoms with Gasteiger partial charge in [0.2, 0.25) is 10.0 Å². The first-order valence-electron chi connectivity index (χ1n) is 10.0. The number of sulfonamides is 1. The fraction of sp³-hybridized carbons (Fsp3) is 0.650. The van der Waals surface area contributed by atoms with Gasteiger partial charge in [-0.2, -0.15) is 4.31 Å². The van der Waals surface area contributed by atoms with Crippen molar-refractivity contribution < 1.29 is 22.7 Å². The van der Waals surface area contributed by atoms with E-state index in [4.69, 9.17) is 9.47 Å². The van der Waals surface area contributed by atoms with Crippen LogP contribution in [0.1, 0.15) is 42.6 Å². The van der Waals surface area contributed by atoms with Crippen LogP contribution in [0.5, 0.6) is 0 Å². The van der Waals surface area contributed by atoms with Gasteiger partial charge in [0.05, 0.1) is 18.1 Å². The second-order valence-electron chi connectivity index (χ2n) is 7.33. The molecule has 1 atom stereocenters. The molecule has 2 aliphatic heterocycles. The van der Waals surface area contributed by atoms with Gasteiger partial charge in [-0.15, -0.1) is 0 Å². The molecule has 3 rings (SSSR count). The quantitative estimate of drug-likeness (QED) is 0.719. The second kappa shape index (κ2) is 8.90. The molecule has 2 fully saturated rings. The van der Waals surface area contributed by atoms with E-state index in [1.165, 1.54) is 10.4 Å². The van der Waals surface area contributed by atoms with Gasteiger partial charge >= 0.3 is 0 Å². The molecule has 0 N–H and O–H groups in total. The number of carbonyl (C=O) groups excluding carboxylic acids is 1. The molecule has 2 heterocycles. The largest absolute Gasteiger partial charge is 0.350 e. The monoisotopic (exact) mass is 410 g/mol. The number of benzene rings is 1. The van der Waals surface area contributed by atoms with E-state index in [1.807, 2.05) is 13.8 Å². The van der Waals surface area contributed by atoms with Crippen LogP contribution in [0.15, 0.2) is 23.1 Å². The minimum Gasteiger partial charge on any atom is -0.350 e. The first kappa shape index (κ1) is 21.2. The second-order valence-corrected chi connectivity index (χ2v) is 9.24. The van der Waals surface area contributed by atoms with Gasteiger partial charge in [-0.3, -0.25) is 4.79 Å². The molecule has 0 radical (unpaired) electrons. The molecule has 7 nitrogen and oxygen atoms in total. The van der Waals surface area contributed by atoms with E-state index < -0.39 is 10.0 Å². The number of rotatable bonds is 6. The number of piperidine rings is 1. The normalized spacial score (nSPS) is 21.4. The maximum atomic E-state index is 13.1. The molecular weight excluding hydrogens is 380 g/mol. The highest BCUT2D eigenvalue weighted by Gasteiger charge is 2.33. The van der Waals surface area contributed by atoms with Gasteiger partial charge in [-0.05, 0) is 37.5 Å². The van der Waals surface area contributed by atoms with Crippen LogP contribution in [0.25, 0.3) is 0 Å². The minimum atomic E-state index is -3.62. The zero-order valence-corrected chi connectivity index (χ0v) is 17.7. The van der Waals surface area contributed by atoms with Crippen molar-refractivity contribution in [3.8, 4) is 0 Å². The summed E-state index contributed by atoms with van der Waals surface area (Å²) in [5.74, 6) is 0.0169. The lowest BCUT2D eigenvalue weighted by atomic mass is 9.96. The zero-order chi connectivity index (χ0) is 20.3. The van der Waals surface area contributed by atoms with E-state index in [9.17, 15) is 13.2 Å². The Labute approximate surface area is 167 Å². The van der Waals surface area contributed by atoms with Crippen molar-refractivity contribution in [3.63, 3.8) is 0 Å². The van der Waals surface area contributed by atoms with Crippen molar-refractivity contribution in [2.75, 3.05) is 39.4 Å². The Morgan fingerprint density at radius 3 is 2.54 bits per heavy atom. The average molecular weight is 411 g/mol. The summed E-state index contributed by atoms with van der Waals surface area (Å²) in [4.78, 5) is 15.1. The highest BCUT2D eigenvalue weighted by atomic mass is 32.2. The van der Waals surface area contributed by atoms with E-state index in [1.54, 1.807) is 24.0 Å². The van der Waals surface area contributed by atoms with E-state index >= 15 is 0 Å². The van der Waals surface area contributed by atoms with Gasteiger partial charge in [-0.1, -0.05) is 19.9 Å². The molecule has 8 heteroatoms. The molecule has 2 aliphatic rings. The molecule has 1 unspecified atom stereocenters. The lowest BCUT2D eigenvalue weighted by Gasteiger charge is -2.34. The fourth-order valence-corrected chi connectivity index (χ4v) is 5.67. The van der Waals surface area contributed by atoms with Gasteiger partial charge in [0, 0.05) is 37.7 Å². The Morgan fingerprint density at radius 1 is 1.21 bits per heavy atom. The fourth-order valence-electron chi connectivity index (χ4n) is 3.96. The lowest BCUT2D eigenvalue weighted by Crippen LogP contribution is -2.44. The topological polar surface area (TPSA) is 76.2 Å². The van der Waals surface area contributed by atoms with Crippen molar-refractivity contribution in [2.45, 2.75) is 44.8 Å². The first-order valence-corrected chi connectivity index (χ1v) is 11.5. The summed E-state index contributed by atoms with van der Waals surface area (Å²) < 4.78 is 38.6. The van der Waals surface area contributed by atoms with Crippen molar-refractivity contribution in [1.82, 2.24) is 9.21 Å². The number of ether oxygens (including phenoxy) is 2. The summed E-state index contributed by atoms with van der Waals surface area (Å²) in [5.41, 5.74) is 1.05. The Hall–Kier alpha value is -1.48. The van der Waals surface area contributed by atoms with Crippen LogP contribution in [-0.2, 0) is 19.5 Å². The SMILES string of the molecule is CCN(CC)S(=O)(=O)c1cc(C(=O)N2CCCC(C3OCCO3)C2)ccc1C. The molecule has 28 heavy (non-hydrogen) atoms. The number of carbonyl (C=O) groups is 1. The number of amides is 1. The summed E-state index contributed by atoms with van der Waals surface area (Å²) in [6, 6.07) is 4.96. The number of nitrogens with zero attached hydrogens (tertiary/aromatic N) is 2. The highest BCUT2D eigenvalue weighted by molar-refractivity contribution is 7.89. The van der Waals surface area contributed by atoms with Crippen LogP contribution >= 0.6 is 0 Å². The average Bonchev–Trinajstić information content (AvgIpc) is 3.23. The summed E-state index contributed by atoms with van der Waals surface area (Å²) in [5, 5.41) is 0. The Bertz CT molecular complexity index is 801. The maximum Gasteiger partial charge on any atom is 0.253 e. The summed E-state index contributed by atoms with van der Waals surface area (Å²) in [6.45, 7) is 8.59. The number of aryl methyl sites for hydroxylation is 1. The van der Waals surface area contributed by atoms with Gasteiger partial charge in [0.25, 0.3) is 5.91 Å². The van der Waals surface area contributed by atoms with Crippen LogP contribution in [0.4, 0.5) is 0 Å². The third-order valence-electron chi connectivity index (χ3n) is 5.54. The van der Waals surface area contributed by atoms with Crippen LogP contribution in [0, 0.1) is 12.8 Å². The summed E-state index contributed by atoms with van der Waals surface area (Å²) >= 11 is 0. The Morgan fingerprint density at radius 2 is 1.89 bits per heavy atom. The number of likely N-dealkylation sites (tertiary alicyclic amines) is 1. The van der Waals surface area contributed by atoms with Gasteiger partial charge in [0.15, 0.2) is 6.29 Å². The smallest absolute Gasteiger partial charge is 0.253 e. The summed E-state index contributed by atoms with van der Waals surface area (Å²) in [7, 11) is -3.62. The lowest BCUT2D eigenvalue weighted by molar-refractivity contribution is -0.0969. The zero-order valence-electron chi connectivity index (χ0n) is 16.9. The molecule has 0 spiro atoms. The Kier molecular flexibility index (Phi) is 6.75. The molecule has 0 saturated carbocycles. The molecule has 1 aromatic rings. The molecule has 1 amide bonds. The van der Waals surface area contributed by atoms with Crippen molar-refractivity contribution in [3.05, 3.63) is 29.3 Å². The van der Waals surface area contributed by atoms with Gasteiger partial charge in [-0.25, -0.2) is 8.42 Å². The molecule has 156 valence electrons. The molecular formula is C20H30N2O5S. The van der Waals surface area contributed by atoms with E-state index in [-0.39, 0.29) is 23.0 Å².